The number of rotatable bonds is 9. The first-order valence-electron chi connectivity index (χ1n) is 10.0. The number of halogens is 1. The van der Waals surface area contributed by atoms with Gasteiger partial charge < -0.3 is 15.5 Å². The third-order valence-electron chi connectivity index (χ3n) is 4.84. The lowest BCUT2D eigenvalue weighted by Gasteiger charge is -2.23. The van der Waals surface area contributed by atoms with E-state index in [0.717, 1.165) is 5.56 Å². The zero-order valence-corrected chi connectivity index (χ0v) is 17.5. The number of hydrogen-bond acceptors (Lipinski definition) is 3. The summed E-state index contributed by atoms with van der Waals surface area (Å²) in [5.74, 6) is -0.246. The summed E-state index contributed by atoms with van der Waals surface area (Å²) < 4.78 is 13.2. The second-order valence-electron chi connectivity index (χ2n) is 7.26. The number of amides is 2. The normalized spacial score (nSPS) is 11.9. The summed E-state index contributed by atoms with van der Waals surface area (Å²) in [5, 5.41) is 6.07. The molecule has 0 aliphatic rings. The van der Waals surface area contributed by atoms with Crippen LogP contribution in [0.25, 0.3) is 0 Å². The van der Waals surface area contributed by atoms with E-state index in [4.69, 9.17) is 0 Å². The number of nitrogens with one attached hydrogen (secondary N) is 2. The number of anilines is 1. The highest BCUT2D eigenvalue weighted by atomic mass is 19.1. The Morgan fingerprint density at radius 3 is 2.07 bits per heavy atom. The van der Waals surface area contributed by atoms with E-state index >= 15 is 0 Å². The van der Waals surface area contributed by atoms with Crippen LogP contribution in [-0.4, -0.2) is 36.3 Å². The molecule has 0 unspecified atom stereocenters. The molecule has 29 heavy (non-hydrogen) atoms. The van der Waals surface area contributed by atoms with Crippen molar-refractivity contribution in [3.05, 3.63) is 65.5 Å². The summed E-state index contributed by atoms with van der Waals surface area (Å²) in [6.45, 7) is 9.42. The van der Waals surface area contributed by atoms with Gasteiger partial charge in [-0.25, -0.2) is 4.39 Å². The Balaban J connectivity index is 1.94. The molecule has 2 aromatic rings. The highest BCUT2D eigenvalue weighted by Gasteiger charge is 2.17. The minimum atomic E-state index is -0.281. The molecule has 0 fully saturated rings. The van der Waals surface area contributed by atoms with E-state index in [1.54, 1.807) is 41.3 Å². The maximum atomic E-state index is 13.2. The van der Waals surface area contributed by atoms with E-state index in [2.05, 4.69) is 10.6 Å². The van der Waals surface area contributed by atoms with Crippen LogP contribution in [0.5, 0.6) is 0 Å². The van der Waals surface area contributed by atoms with Crippen molar-refractivity contribution in [3.63, 3.8) is 0 Å². The molecule has 0 aromatic heterocycles. The molecule has 0 bridgehead atoms. The molecule has 2 rings (SSSR count). The van der Waals surface area contributed by atoms with E-state index in [-0.39, 0.29) is 36.1 Å². The first kappa shape index (κ1) is 22.6. The largest absolute Gasteiger partial charge is 0.339 e. The number of carbonyl (C=O) groups is 2. The molecule has 156 valence electrons. The Labute approximate surface area is 172 Å². The monoisotopic (exact) mass is 399 g/mol. The molecule has 5 nitrogen and oxygen atoms in total. The van der Waals surface area contributed by atoms with Gasteiger partial charge in [0.1, 0.15) is 5.82 Å². The lowest BCUT2D eigenvalue weighted by atomic mass is 9.96. The molecule has 0 aliphatic heterocycles. The average Bonchev–Trinajstić information content (AvgIpc) is 2.70. The van der Waals surface area contributed by atoms with E-state index in [1.165, 1.54) is 12.1 Å². The minimum absolute atomic E-state index is 0.0198. The summed E-state index contributed by atoms with van der Waals surface area (Å²) in [5.41, 5.74) is 2.17. The fraction of sp³-hybridized carbons (Fsp3) is 0.391. The highest BCUT2D eigenvalue weighted by Crippen LogP contribution is 2.21. The van der Waals surface area contributed by atoms with Crippen LogP contribution in [0.2, 0.25) is 0 Å². The number of hydrogen-bond donors (Lipinski definition) is 2. The molecular formula is C23H30FN3O2. The molecule has 2 amide bonds. The first-order chi connectivity index (χ1) is 13.8. The van der Waals surface area contributed by atoms with Crippen molar-refractivity contribution in [3.8, 4) is 0 Å². The Kier molecular flexibility index (Phi) is 8.34. The van der Waals surface area contributed by atoms with E-state index in [9.17, 15) is 14.0 Å². The smallest absolute Gasteiger partial charge is 0.253 e. The van der Waals surface area contributed by atoms with Crippen molar-refractivity contribution < 1.29 is 14.0 Å². The predicted octanol–water partition coefficient (Wildman–Crippen LogP) is 4.23. The molecule has 2 N–H and O–H groups in total. The van der Waals surface area contributed by atoms with Crippen LogP contribution < -0.4 is 10.6 Å². The SMILES string of the molecule is CCN(CC)C(=O)c1ccc(NC(=O)CN[C@@H](c2ccc(F)cc2)C(C)C)cc1. The van der Waals surface area contributed by atoms with Crippen molar-refractivity contribution >= 4 is 17.5 Å². The van der Waals surface area contributed by atoms with Gasteiger partial charge in [-0.3, -0.25) is 9.59 Å². The third-order valence-corrected chi connectivity index (χ3v) is 4.84. The molecule has 0 radical (unpaired) electrons. The Hall–Kier alpha value is -2.73. The average molecular weight is 400 g/mol. The van der Waals surface area contributed by atoms with E-state index < -0.39 is 0 Å². The molecular weight excluding hydrogens is 369 g/mol. The predicted molar refractivity (Wildman–Crippen MR) is 114 cm³/mol. The summed E-state index contributed by atoms with van der Waals surface area (Å²) in [7, 11) is 0. The van der Waals surface area contributed by atoms with Gasteiger partial charge in [-0.1, -0.05) is 26.0 Å². The molecule has 0 aliphatic carbocycles. The highest BCUT2D eigenvalue weighted by molar-refractivity contribution is 5.96. The van der Waals surface area contributed by atoms with E-state index in [0.29, 0.717) is 24.3 Å². The van der Waals surface area contributed by atoms with Crippen molar-refractivity contribution in [2.45, 2.75) is 33.7 Å². The molecule has 1 atom stereocenters. The molecule has 0 heterocycles. The lowest BCUT2D eigenvalue weighted by molar-refractivity contribution is -0.115. The van der Waals surface area contributed by atoms with Crippen LogP contribution >= 0.6 is 0 Å². The Morgan fingerprint density at radius 2 is 1.55 bits per heavy atom. The third kappa shape index (κ3) is 6.39. The van der Waals surface area contributed by atoms with Gasteiger partial charge in [-0.2, -0.15) is 0 Å². The minimum Gasteiger partial charge on any atom is -0.339 e. The molecule has 0 spiro atoms. The summed E-state index contributed by atoms with van der Waals surface area (Å²) in [4.78, 5) is 26.4. The van der Waals surface area contributed by atoms with Gasteiger partial charge in [0, 0.05) is 30.4 Å². The fourth-order valence-electron chi connectivity index (χ4n) is 3.21. The Bertz CT molecular complexity index is 800. The lowest BCUT2D eigenvalue weighted by Crippen LogP contribution is -2.33. The van der Waals surface area contributed by atoms with Crippen LogP contribution in [0.1, 0.15) is 49.7 Å². The zero-order chi connectivity index (χ0) is 21.4. The second-order valence-corrected chi connectivity index (χ2v) is 7.26. The maximum absolute atomic E-state index is 13.2. The molecule has 6 heteroatoms. The van der Waals surface area contributed by atoms with Gasteiger partial charge >= 0.3 is 0 Å². The zero-order valence-electron chi connectivity index (χ0n) is 17.5. The van der Waals surface area contributed by atoms with Crippen molar-refractivity contribution in [1.82, 2.24) is 10.2 Å². The van der Waals surface area contributed by atoms with Crippen LogP contribution in [0, 0.1) is 11.7 Å². The fourth-order valence-corrected chi connectivity index (χ4v) is 3.21. The maximum Gasteiger partial charge on any atom is 0.253 e. The van der Waals surface area contributed by atoms with Gasteiger partial charge in [0.2, 0.25) is 5.91 Å². The van der Waals surface area contributed by atoms with Crippen molar-refractivity contribution in [2.75, 3.05) is 25.0 Å². The van der Waals surface area contributed by atoms with Crippen LogP contribution in [0.15, 0.2) is 48.5 Å². The molecule has 0 saturated carbocycles. The number of benzene rings is 2. The summed E-state index contributed by atoms with van der Waals surface area (Å²) >= 11 is 0. The standard InChI is InChI=1S/C23H30FN3O2/c1-5-27(6-2)23(29)18-9-13-20(14-10-18)26-21(28)15-25-22(16(3)4)17-7-11-19(24)12-8-17/h7-14,16,22,25H,5-6,15H2,1-4H3,(H,26,28)/t22-/m1/s1. The second kappa shape index (κ2) is 10.7. The summed E-state index contributed by atoms with van der Waals surface area (Å²) in [6, 6.07) is 13.2. The molecule has 2 aromatic carbocycles. The van der Waals surface area contributed by atoms with Crippen molar-refractivity contribution in [1.29, 1.82) is 0 Å². The molecule has 0 saturated heterocycles. The number of carbonyl (C=O) groups excluding carboxylic acids is 2. The van der Waals surface area contributed by atoms with Crippen LogP contribution in [0.3, 0.4) is 0 Å². The van der Waals surface area contributed by atoms with Crippen LogP contribution in [0.4, 0.5) is 10.1 Å². The Morgan fingerprint density at radius 1 is 0.966 bits per heavy atom. The summed E-state index contributed by atoms with van der Waals surface area (Å²) in [6.07, 6.45) is 0. The van der Waals surface area contributed by atoms with Gasteiger partial charge in [0.05, 0.1) is 6.54 Å². The van der Waals surface area contributed by atoms with Crippen molar-refractivity contribution in [2.24, 2.45) is 5.92 Å². The topological polar surface area (TPSA) is 61.4 Å². The van der Waals surface area contributed by atoms with Crippen LogP contribution in [-0.2, 0) is 4.79 Å². The van der Waals surface area contributed by atoms with Gasteiger partial charge in [-0.15, -0.1) is 0 Å². The van der Waals surface area contributed by atoms with Gasteiger partial charge in [0.15, 0.2) is 0 Å². The quantitative estimate of drug-likeness (QED) is 0.663. The number of nitrogens with zero attached hydrogens (tertiary/aromatic N) is 1. The van der Waals surface area contributed by atoms with Gasteiger partial charge in [-0.05, 0) is 61.7 Å². The van der Waals surface area contributed by atoms with E-state index in [1.807, 2.05) is 27.7 Å². The first-order valence-corrected chi connectivity index (χ1v) is 10.0. The van der Waals surface area contributed by atoms with Gasteiger partial charge in [0.25, 0.3) is 5.91 Å².